The van der Waals surface area contributed by atoms with Gasteiger partial charge in [0.15, 0.2) is 0 Å². The van der Waals surface area contributed by atoms with Gasteiger partial charge in [0.1, 0.15) is 17.4 Å². The molecule has 0 aliphatic rings. The average Bonchev–Trinajstić information content (AvgIpc) is 2.83. The minimum Gasteiger partial charge on any atom is -0.496 e. The summed E-state index contributed by atoms with van der Waals surface area (Å²) in [5, 5.41) is 1.80. The van der Waals surface area contributed by atoms with Crippen LogP contribution in [-0.4, -0.2) is 7.11 Å². The molecule has 0 aliphatic carbocycles. The Kier molecular flexibility index (Phi) is 3.90. The van der Waals surface area contributed by atoms with Gasteiger partial charge in [-0.1, -0.05) is 0 Å². The fraction of sp³-hybridized carbons (Fsp3) is 0.167. The van der Waals surface area contributed by atoms with Gasteiger partial charge in [-0.15, -0.1) is 11.3 Å². The number of nitrogens with two attached hydrogens (primary N) is 1. The zero-order chi connectivity index (χ0) is 13.1. The Bertz CT molecular complexity index is 545. The summed E-state index contributed by atoms with van der Waals surface area (Å²) in [7, 11) is 1.51. The topological polar surface area (TPSA) is 47.3 Å². The summed E-state index contributed by atoms with van der Waals surface area (Å²) in [5.41, 5.74) is 2.64. The van der Waals surface area contributed by atoms with E-state index >= 15 is 0 Å². The number of benzene rings is 1. The minimum atomic E-state index is -0.643. The zero-order valence-corrected chi connectivity index (χ0v) is 10.4. The van der Waals surface area contributed by atoms with E-state index in [0.717, 1.165) is 18.2 Å². The predicted octanol–water partition coefficient (Wildman–Crippen LogP) is 2.59. The number of ether oxygens (including phenoxy) is 1. The fourth-order valence-corrected chi connectivity index (χ4v) is 2.67. The Morgan fingerprint density at radius 2 is 2.11 bits per heavy atom. The van der Waals surface area contributed by atoms with Crippen LogP contribution in [0.1, 0.15) is 16.5 Å². The van der Waals surface area contributed by atoms with Crippen molar-refractivity contribution < 1.29 is 13.5 Å². The van der Waals surface area contributed by atoms with E-state index in [-0.39, 0.29) is 5.56 Å². The number of hydrogen-bond donors (Lipinski definition) is 2. The number of thiophene rings is 1. The first kappa shape index (κ1) is 12.9. The number of rotatable bonds is 4. The summed E-state index contributed by atoms with van der Waals surface area (Å²) in [5.74, 6) is 5.01. The molecule has 6 heteroatoms. The lowest BCUT2D eigenvalue weighted by Gasteiger charge is -2.17. The molecule has 1 heterocycles. The quantitative estimate of drug-likeness (QED) is 0.663. The first-order valence-corrected chi connectivity index (χ1v) is 6.07. The van der Waals surface area contributed by atoms with Crippen molar-refractivity contribution >= 4 is 11.3 Å². The van der Waals surface area contributed by atoms with Gasteiger partial charge in [0.2, 0.25) is 0 Å². The number of nitrogens with one attached hydrogen (secondary N) is 1. The van der Waals surface area contributed by atoms with Gasteiger partial charge in [-0.25, -0.2) is 14.2 Å². The van der Waals surface area contributed by atoms with Crippen molar-refractivity contribution in [2.45, 2.75) is 6.04 Å². The van der Waals surface area contributed by atoms with Crippen molar-refractivity contribution in [2.24, 2.45) is 5.84 Å². The van der Waals surface area contributed by atoms with Gasteiger partial charge in [0.25, 0.3) is 0 Å². The molecule has 18 heavy (non-hydrogen) atoms. The normalized spacial score (nSPS) is 12.4. The number of methoxy groups -OCH3 is 1. The molecular weight excluding hydrogens is 258 g/mol. The molecule has 2 rings (SSSR count). The zero-order valence-electron chi connectivity index (χ0n) is 9.61. The predicted molar refractivity (Wildman–Crippen MR) is 66.4 cm³/mol. The minimum absolute atomic E-state index is 0.151. The summed E-state index contributed by atoms with van der Waals surface area (Å²) in [6.45, 7) is 0. The highest BCUT2D eigenvalue weighted by atomic mass is 32.1. The molecule has 0 spiro atoms. The van der Waals surface area contributed by atoms with Gasteiger partial charge in [-0.05, 0) is 29.6 Å². The van der Waals surface area contributed by atoms with Crippen LogP contribution in [0.15, 0.2) is 29.6 Å². The Balaban J connectivity index is 2.48. The van der Waals surface area contributed by atoms with E-state index < -0.39 is 17.7 Å². The molecule has 1 atom stereocenters. The van der Waals surface area contributed by atoms with E-state index in [0.29, 0.717) is 10.6 Å². The summed E-state index contributed by atoms with van der Waals surface area (Å²) >= 11 is 1.36. The SMILES string of the molecule is COc1ccsc1C(NN)c1cc(F)ccc1F. The highest BCUT2D eigenvalue weighted by Gasteiger charge is 2.22. The van der Waals surface area contributed by atoms with Gasteiger partial charge >= 0.3 is 0 Å². The fourth-order valence-electron chi connectivity index (χ4n) is 1.73. The van der Waals surface area contributed by atoms with Gasteiger partial charge < -0.3 is 4.74 Å². The second-order valence-corrected chi connectivity index (χ2v) is 4.57. The molecule has 1 aromatic carbocycles. The third-order valence-corrected chi connectivity index (χ3v) is 3.54. The third kappa shape index (κ3) is 2.35. The standard InChI is InChI=1S/C12H12F2N2OS/c1-17-10-4-5-18-12(10)11(16-15)8-6-7(13)2-3-9(8)14/h2-6,11,16H,15H2,1H3. The van der Waals surface area contributed by atoms with E-state index in [4.69, 9.17) is 10.6 Å². The molecule has 0 radical (unpaired) electrons. The molecule has 0 saturated carbocycles. The lowest BCUT2D eigenvalue weighted by Crippen LogP contribution is -2.29. The lowest BCUT2D eigenvalue weighted by molar-refractivity contribution is 0.406. The number of halogens is 2. The highest BCUT2D eigenvalue weighted by Crippen LogP contribution is 2.35. The summed E-state index contributed by atoms with van der Waals surface area (Å²) in [6, 6.07) is 4.38. The van der Waals surface area contributed by atoms with Gasteiger partial charge in [0.05, 0.1) is 18.0 Å². The molecule has 3 N–H and O–H groups in total. The molecular formula is C12H12F2N2OS. The van der Waals surface area contributed by atoms with Gasteiger partial charge in [0, 0.05) is 5.56 Å². The third-order valence-electron chi connectivity index (χ3n) is 2.58. The van der Waals surface area contributed by atoms with Crippen molar-refractivity contribution in [3.8, 4) is 5.75 Å². The van der Waals surface area contributed by atoms with Crippen molar-refractivity contribution in [3.05, 3.63) is 51.7 Å². The van der Waals surface area contributed by atoms with Crippen LogP contribution in [0.2, 0.25) is 0 Å². The summed E-state index contributed by atoms with van der Waals surface area (Å²) in [4.78, 5) is 0.699. The Hall–Kier alpha value is -1.50. The van der Waals surface area contributed by atoms with Crippen LogP contribution >= 0.6 is 11.3 Å². The second-order valence-electron chi connectivity index (χ2n) is 3.62. The monoisotopic (exact) mass is 270 g/mol. The maximum absolute atomic E-state index is 13.7. The van der Waals surface area contributed by atoms with Crippen LogP contribution in [0.3, 0.4) is 0 Å². The van der Waals surface area contributed by atoms with E-state index in [1.807, 2.05) is 0 Å². The van der Waals surface area contributed by atoms with Crippen LogP contribution in [0.5, 0.6) is 5.75 Å². The first-order chi connectivity index (χ1) is 8.67. The van der Waals surface area contributed by atoms with Crippen LogP contribution in [-0.2, 0) is 0 Å². The van der Waals surface area contributed by atoms with E-state index in [2.05, 4.69) is 5.43 Å². The molecule has 96 valence electrons. The van der Waals surface area contributed by atoms with Crippen molar-refractivity contribution in [1.82, 2.24) is 5.43 Å². The highest BCUT2D eigenvalue weighted by molar-refractivity contribution is 7.10. The van der Waals surface area contributed by atoms with Gasteiger partial charge in [-0.3, -0.25) is 5.84 Å². The smallest absolute Gasteiger partial charge is 0.134 e. The van der Waals surface area contributed by atoms with E-state index in [1.54, 1.807) is 11.4 Å². The molecule has 2 aromatic rings. The lowest BCUT2D eigenvalue weighted by atomic mass is 10.0. The van der Waals surface area contributed by atoms with Crippen LogP contribution < -0.4 is 16.0 Å². The Morgan fingerprint density at radius 1 is 1.33 bits per heavy atom. The summed E-state index contributed by atoms with van der Waals surface area (Å²) in [6.07, 6.45) is 0. The Morgan fingerprint density at radius 3 is 2.78 bits per heavy atom. The largest absolute Gasteiger partial charge is 0.496 e. The molecule has 0 bridgehead atoms. The summed E-state index contributed by atoms with van der Waals surface area (Å²) < 4.78 is 32.1. The van der Waals surface area contributed by atoms with Crippen LogP contribution in [0, 0.1) is 11.6 Å². The molecule has 1 aromatic heterocycles. The van der Waals surface area contributed by atoms with Gasteiger partial charge in [-0.2, -0.15) is 0 Å². The van der Waals surface area contributed by atoms with Crippen molar-refractivity contribution in [2.75, 3.05) is 7.11 Å². The van der Waals surface area contributed by atoms with Crippen LogP contribution in [0.4, 0.5) is 8.78 Å². The maximum Gasteiger partial charge on any atom is 0.134 e. The maximum atomic E-state index is 13.7. The molecule has 3 nitrogen and oxygen atoms in total. The molecule has 0 fully saturated rings. The van der Waals surface area contributed by atoms with Crippen LogP contribution in [0.25, 0.3) is 0 Å². The number of hydrogen-bond acceptors (Lipinski definition) is 4. The van der Waals surface area contributed by atoms with Crippen molar-refractivity contribution in [1.29, 1.82) is 0 Å². The van der Waals surface area contributed by atoms with E-state index in [9.17, 15) is 8.78 Å². The first-order valence-electron chi connectivity index (χ1n) is 5.19. The molecule has 0 aliphatic heterocycles. The molecule has 0 saturated heterocycles. The van der Waals surface area contributed by atoms with E-state index in [1.165, 1.54) is 18.4 Å². The second kappa shape index (κ2) is 5.43. The van der Waals surface area contributed by atoms with Crippen molar-refractivity contribution in [3.63, 3.8) is 0 Å². The Labute approximate surface area is 107 Å². The number of hydrazine groups is 1. The average molecular weight is 270 g/mol. The molecule has 1 unspecified atom stereocenters. The molecule has 0 amide bonds.